The number of carbonyl (C=O) groups is 2. The molecule has 1 atom stereocenters. The van der Waals surface area contributed by atoms with E-state index in [1.807, 2.05) is 0 Å². The third kappa shape index (κ3) is 3.13. The van der Waals surface area contributed by atoms with Crippen molar-refractivity contribution in [3.05, 3.63) is 35.6 Å². The van der Waals surface area contributed by atoms with Crippen LogP contribution in [-0.2, 0) is 9.53 Å². The van der Waals surface area contributed by atoms with Crippen molar-refractivity contribution in [1.29, 1.82) is 0 Å². The van der Waals surface area contributed by atoms with Crippen LogP contribution >= 0.6 is 15.9 Å². The molecule has 0 heterocycles. The predicted octanol–water partition coefficient (Wildman–Crippen LogP) is 2.33. The van der Waals surface area contributed by atoms with E-state index in [2.05, 4.69) is 20.7 Å². The minimum absolute atomic E-state index is 0.206. The van der Waals surface area contributed by atoms with E-state index in [1.54, 1.807) is 6.92 Å². The van der Waals surface area contributed by atoms with Gasteiger partial charge in [-0.15, -0.1) is 0 Å². The highest BCUT2D eigenvalue weighted by Gasteiger charge is 2.25. The van der Waals surface area contributed by atoms with E-state index in [1.165, 1.54) is 12.1 Å². The second-order valence-electron chi connectivity index (χ2n) is 2.99. The molecule has 1 aromatic carbocycles. The van der Waals surface area contributed by atoms with Gasteiger partial charge in [-0.2, -0.15) is 0 Å². The van der Waals surface area contributed by atoms with E-state index in [4.69, 9.17) is 0 Å². The first-order valence-electron chi connectivity index (χ1n) is 4.66. The summed E-state index contributed by atoms with van der Waals surface area (Å²) in [6.45, 7) is 1.86. The summed E-state index contributed by atoms with van der Waals surface area (Å²) < 4.78 is 17.3. The third-order valence-electron chi connectivity index (χ3n) is 1.85. The van der Waals surface area contributed by atoms with Crippen molar-refractivity contribution in [1.82, 2.24) is 0 Å². The number of hydrogen-bond acceptors (Lipinski definition) is 3. The molecule has 0 saturated carbocycles. The van der Waals surface area contributed by atoms with Crippen LogP contribution in [0.2, 0.25) is 0 Å². The average Bonchev–Trinajstić information content (AvgIpc) is 2.28. The van der Waals surface area contributed by atoms with Crippen LogP contribution in [0, 0.1) is 5.82 Å². The second-order valence-corrected chi connectivity index (χ2v) is 3.90. The van der Waals surface area contributed by atoms with Crippen LogP contribution in [0.15, 0.2) is 24.3 Å². The number of ketones is 1. The molecule has 0 N–H and O–H groups in total. The minimum atomic E-state index is -1.04. The average molecular weight is 289 g/mol. The van der Waals surface area contributed by atoms with Crippen LogP contribution in [0.5, 0.6) is 0 Å². The van der Waals surface area contributed by atoms with E-state index in [9.17, 15) is 14.0 Å². The molecule has 1 unspecified atom stereocenters. The molecular formula is C11H10BrFO3. The van der Waals surface area contributed by atoms with E-state index in [0.717, 1.165) is 12.1 Å². The number of carbonyl (C=O) groups excluding carboxylic acids is 2. The monoisotopic (exact) mass is 288 g/mol. The van der Waals surface area contributed by atoms with Gasteiger partial charge in [0, 0.05) is 5.56 Å². The van der Waals surface area contributed by atoms with E-state index in [0.29, 0.717) is 0 Å². The third-order valence-corrected chi connectivity index (χ3v) is 2.64. The van der Waals surface area contributed by atoms with Gasteiger partial charge in [-0.3, -0.25) is 9.59 Å². The largest absolute Gasteiger partial charge is 0.465 e. The van der Waals surface area contributed by atoms with E-state index >= 15 is 0 Å². The lowest BCUT2D eigenvalue weighted by atomic mass is 10.1. The van der Waals surface area contributed by atoms with Gasteiger partial charge in [0.15, 0.2) is 10.6 Å². The normalized spacial score (nSPS) is 11.9. The standard InChI is InChI=1S/C11H10BrFO3/c1-2-16-11(15)9(12)10(14)7-3-5-8(13)6-4-7/h3-6,9H,2H2,1H3. The van der Waals surface area contributed by atoms with Gasteiger partial charge in [0.05, 0.1) is 6.61 Å². The van der Waals surface area contributed by atoms with Crippen molar-refractivity contribution < 1.29 is 18.7 Å². The first kappa shape index (κ1) is 12.8. The first-order valence-corrected chi connectivity index (χ1v) is 5.58. The Hall–Kier alpha value is -1.23. The zero-order valence-electron chi connectivity index (χ0n) is 8.57. The number of alkyl halides is 1. The number of esters is 1. The van der Waals surface area contributed by atoms with Gasteiger partial charge in [-0.1, -0.05) is 15.9 Å². The molecule has 0 aliphatic heterocycles. The van der Waals surface area contributed by atoms with Crippen molar-refractivity contribution >= 4 is 27.7 Å². The molecule has 0 aliphatic rings. The van der Waals surface area contributed by atoms with Crippen LogP contribution < -0.4 is 0 Å². The second kappa shape index (κ2) is 5.75. The highest BCUT2D eigenvalue weighted by Crippen LogP contribution is 2.12. The van der Waals surface area contributed by atoms with Crippen molar-refractivity contribution in [2.45, 2.75) is 11.8 Å². The summed E-state index contributed by atoms with van der Waals surface area (Å²) in [6.07, 6.45) is 0. The maximum atomic E-state index is 12.6. The maximum absolute atomic E-state index is 12.6. The smallest absolute Gasteiger partial charge is 0.327 e. The molecule has 3 nitrogen and oxygen atoms in total. The van der Waals surface area contributed by atoms with Gasteiger partial charge < -0.3 is 4.74 Å². The zero-order chi connectivity index (χ0) is 12.1. The van der Waals surface area contributed by atoms with Gasteiger partial charge >= 0.3 is 5.97 Å². The first-order chi connectivity index (χ1) is 7.56. The molecule has 0 saturated heterocycles. The van der Waals surface area contributed by atoms with Crippen LogP contribution in [0.1, 0.15) is 17.3 Å². The summed E-state index contributed by atoms with van der Waals surface area (Å²) in [4.78, 5) is 21.9. The Morgan fingerprint density at radius 2 is 1.94 bits per heavy atom. The van der Waals surface area contributed by atoms with Crippen molar-refractivity contribution in [2.75, 3.05) is 6.61 Å². The number of hydrogen-bond donors (Lipinski definition) is 0. The lowest BCUT2D eigenvalue weighted by Crippen LogP contribution is -2.26. The fourth-order valence-corrected chi connectivity index (χ4v) is 1.48. The Labute approximate surface area is 101 Å². The van der Waals surface area contributed by atoms with Crippen LogP contribution in [0.25, 0.3) is 0 Å². The highest BCUT2D eigenvalue weighted by atomic mass is 79.9. The Bertz CT molecular complexity index is 389. The van der Waals surface area contributed by atoms with Crippen LogP contribution in [-0.4, -0.2) is 23.2 Å². The van der Waals surface area contributed by atoms with E-state index < -0.39 is 22.4 Å². The Kier molecular flexibility index (Phi) is 4.61. The molecule has 0 aliphatic carbocycles. The Balaban J connectivity index is 2.78. The number of Topliss-reactive ketones (excluding diaryl/α,β-unsaturated/α-hetero) is 1. The lowest BCUT2D eigenvalue weighted by molar-refractivity contribution is -0.141. The molecule has 1 rings (SSSR count). The summed E-state index contributed by atoms with van der Waals surface area (Å²) in [6, 6.07) is 4.98. The number of halogens is 2. The van der Waals surface area contributed by atoms with Gasteiger partial charge in [-0.05, 0) is 31.2 Å². The van der Waals surface area contributed by atoms with Crippen molar-refractivity contribution in [2.24, 2.45) is 0 Å². The fourth-order valence-electron chi connectivity index (χ4n) is 1.08. The summed E-state index contributed by atoms with van der Waals surface area (Å²) >= 11 is 2.95. The maximum Gasteiger partial charge on any atom is 0.327 e. The van der Waals surface area contributed by atoms with Gasteiger partial charge in [0.2, 0.25) is 0 Å². The summed E-state index contributed by atoms with van der Waals surface area (Å²) in [5.74, 6) is -1.52. The Morgan fingerprint density at radius 3 is 2.44 bits per heavy atom. The van der Waals surface area contributed by atoms with Gasteiger partial charge in [0.1, 0.15) is 5.82 Å². The van der Waals surface area contributed by atoms with Gasteiger partial charge in [0.25, 0.3) is 0 Å². The molecule has 16 heavy (non-hydrogen) atoms. The quantitative estimate of drug-likeness (QED) is 0.370. The highest BCUT2D eigenvalue weighted by molar-refractivity contribution is 9.10. The summed E-state index contributed by atoms with van der Waals surface area (Å²) in [5, 5.41) is 0. The number of rotatable bonds is 4. The SMILES string of the molecule is CCOC(=O)C(Br)C(=O)c1ccc(F)cc1. The molecule has 86 valence electrons. The molecule has 0 bridgehead atoms. The van der Waals surface area contributed by atoms with Gasteiger partial charge in [-0.25, -0.2) is 4.39 Å². The molecule has 0 amide bonds. The molecule has 0 aromatic heterocycles. The van der Waals surface area contributed by atoms with Crippen LogP contribution in [0.4, 0.5) is 4.39 Å². The van der Waals surface area contributed by atoms with Crippen molar-refractivity contribution in [3.8, 4) is 0 Å². The predicted molar refractivity (Wildman–Crippen MR) is 60.1 cm³/mol. The van der Waals surface area contributed by atoms with E-state index in [-0.39, 0.29) is 12.2 Å². The minimum Gasteiger partial charge on any atom is -0.465 e. The topological polar surface area (TPSA) is 43.4 Å². The summed E-state index contributed by atoms with van der Waals surface area (Å²) in [5.41, 5.74) is 0.260. The molecular weight excluding hydrogens is 279 g/mol. The lowest BCUT2D eigenvalue weighted by Gasteiger charge is -2.07. The fraction of sp³-hybridized carbons (Fsp3) is 0.273. The molecule has 0 fully saturated rings. The molecule has 1 aromatic rings. The number of ether oxygens (including phenoxy) is 1. The molecule has 0 spiro atoms. The molecule has 5 heteroatoms. The van der Waals surface area contributed by atoms with Crippen LogP contribution in [0.3, 0.4) is 0 Å². The summed E-state index contributed by atoms with van der Waals surface area (Å²) in [7, 11) is 0. The Morgan fingerprint density at radius 1 is 1.38 bits per heavy atom. The zero-order valence-corrected chi connectivity index (χ0v) is 10.2. The van der Waals surface area contributed by atoms with Crippen molar-refractivity contribution in [3.63, 3.8) is 0 Å². The molecule has 0 radical (unpaired) electrons. The number of benzene rings is 1.